The Labute approximate surface area is 184 Å². The number of halogens is 2. The lowest BCUT2D eigenvalue weighted by Crippen LogP contribution is -2.36. The van der Waals surface area contributed by atoms with Gasteiger partial charge in [-0.3, -0.25) is 4.79 Å². The molecule has 0 aromatic carbocycles. The first-order valence-electron chi connectivity index (χ1n) is 9.92. The molecule has 0 bridgehead atoms. The molecule has 1 saturated carbocycles. The molecule has 3 N–H and O–H groups in total. The number of nitrogens with zero attached hydrogens (tertiary/aromatic N) is 4. The Morgan fingerprint density at radius 2 is 2.19 bits per heavy atom. The number of oxime groups is 1. The highest BCUT2D eigenvalue weighted by Crippen LogP contribution is 2.38. The minimum absolute atomic E-state index is 0. The van der Waals surface area contributed by atoms with Gasteiger partial charge in [-0.2, -0.15) is 0 Å². The molecule has 1 aliphatic heterocycles. The summed E-state index contributed by atoms with van der Waals surface area (Å²) in [7, 11) is 0. The third kappa shape index (κ3) is 3.97. The van der Waals surface area contributed by atoms with Crippen LogP contribution in [0.3, 0.4) is 0 Å². The van der Waals surface area contributed by atoms with E-state index in [1.165, 1.54) is 6.20 Å². The van der Waals surface area contributed by atoms with Crippen molar-refractivity contribution in [1.82, 2.24) is 9.55 Å². The van der Waals surface area contributed by atoms with Crippen molar-refractivity contribution in [3.63, 3.8) is 0 Å². The van der Waals surface area contributed by atoms with Crippen molar-refractivity contribution in [2.45, 2.75) is 32.7 Å². The number of pyridine rings is 2. The van der Waals surface area contributed by atoms with Crippen molar-refractivity contribution in [1.29, 1.82) is 0 Å². The Kier molecular flexibility index (Phi) is 6.24. The first-order chi connectivity index (χ1) is 14.3. The third-order valence-electron chi connectivity index (χ3n) is 5.74. The molecule has 0 amide bonds. The van der Waals surface area contributed by atoms with Gasteiger partial charge in [0.1, 0.15) is 17.8 Å². The lowest BCUT2D eigenvalue weighted by Gasteiger charge is -2.23. The van der Waals surface area contributed by atoms with E-state index in [0.29, 0.717) is 32.0 Å². The number of hydrogen-bond acceptors (Lipinski definition) is 7. The maximum absolute atomic E-state index is 15.1. The Balaban J connectivity index is 0.00000272. The zero-order valence-electron chi connectivity index (χ0n) is 17.3. The molecule has 0 spiro atoms. The molecule has 0 radical (unpaired) electrons. The molecule has 1 aliphatic carbocycles. The van der Waals surface area contributed by atoms with Crippen molar-refractivity contribution < 1.29 is 19.1 Å². The zero-order valence-corrected chi connectivity index (χ0v) is 18.1. The van der Waals surface area contributed by atoms with Gasteiger partial charge in [0.2, 0.25) is 5.43 Å². The largest absolute Gasteiger partial charge is 0.477 e. The fraction of sp³-hybridized carbons (Fsp3) is 0.500. The molecule has 9 nitrogen and oxygen atoms in total. The molecule has 2 fully saturated rings. The lowest BCUT2D eigenvalue weighted by atomic mass is 9.88. The number of anilines is 1. The van der Waals surface area contributed by atoms with Crippen molar-refractivity contribution in [3.05, 3.63) is 33.9 Å². The van der Waals surface area contributed by atoms with Crippen LogP contribution in [0.15, 0.2) is 22.2 Å². The second kappa shape index (κ2) is 8.43. The smallest absolute Gasteiger partial charge is 0.341 e. The van der Waals surface area contributed by atoms with Gasteiger partial charge >= 0.3 is 5.97 Å². The van der Waals surface area contributed by atoms with Gasteiger partial charge in [0.25, 0.3) is 0 Å². The molecule has 2 aromatic rings. The van der Waals surface area contributed by atoms with Crippen molar-refractivity contribution in [2.75, 3.05) is 31.1 Å². The summed E-state index contributed by atoms with van der Waals surface area (Å²) >= 11 is 0. The number of aromatic nitrogens is 2. The fourth-order valence-corrected chi connectivity index (χ4v) is 3.80. The molecular formula is C20H25ClFN5O4. The number of rotatable bonds is 6. The monoisotopic (exact) mass is 453 g/mol. The van der Waals surface area contributed by atoms with Crippen molar-refractivity contribution in [2.24, 2.45) is 16.3 Å². The minimum Gasteiger partial charge on any atom is -0.477 e. The van der Waals surface area contributed by atoms with Gasteiger partial charge in [-0.25, -0.2) is 14.2 Å². The SMILES string of the molecule is CCO/N=C1/CN(c2nc3c(cc2F)c(=O)c(C(=O)O)cn3C2CC2)CC1(C)CN.Cl. The second-order valence-corrected chi connectivity index (χ2v) is 8.06. The van der Waals surface area contributed by atoms with Gasteiger partial charge in [0.15, 0.2) is 11.6 Å². The standard InChI is InChI=1S/C20H24FN5O4.ClH/c1-3-30-24-15-8-25(10-20(15,2)9-22)18-14(21)6-12-16(27)13(19(28)29)7-26(11-4-5-11)17(12)23-18;/h6-7,11H,3-5,8-10,22H2,1-2H3,(H,28,29);1H/b24-15-;. The van der Waals surface area contributed by atoms with Crippen LogP contribution >= 0.6 is 12.4 Å². The number of fused-ring (bicyclic) bond motifs is 1. The molecule has 2 aromatic heterocycles. The highest BCUT2D eigenvalue weighted by molar-refractivity contribution is 5.97. The van der Waals surface area contributed by atoms with Gasteiger partial charge < -0.3 is 25.1 Å². The fourth-order valence-electron chi connectivity index (χ4n) is 3.80. The summed E-state index contributed by atoms with van der Waals surface area (Å²) in [4.78, 5) is 35.5. The number of carboxylic acids is 1. The number of carboxylic acid groups (broad SMARTS) is 1. The van der Waals surface area contributed by atoms with Crippen LogP contribution < -0.4 is 16.1 Å². The van der Waals surface area contributed by atoms with E-state index in [-0.39, 0.29) is 40.9 Å². The van der Waals surface area contributed by atoms with E-state index in [4.69, 9.17) is 10.6 Å². The summed E-state index contributed by atoms with van der Waals surface area (Å²) in [6, 6.07) is 1.14. The summed E-state index contributed by atoms with van der Waals surface area (Å²) in [6.07, 6.45) is 3.02. The Morgan fingerprint density at radius 3 is 2.77 bits per heavy atom. The zero-order chi connectivity index (χ0) is 21.6. The van der Waals surface area contributed by atoms with E-state index >= 15 is 4.39 Å². The molecule has 1 unspecified atom stereocenters. The first-order valence-corrected chi connectivity index (χ1v) is 9.92. The van der Waals surface area contributed by atoms with Gasteiger partial charge in [0.05, 0.1) is 17.6 Å². The predicted octanol–water partition coefficient (Wildman–Crippen LogP) is 2.17. The molecule has 1 atom stereocenters. The molecule has 1 saturated heterocycles. The summed E-state index contributed by atoms with van der Waals surface area (Å²) in [6.45, 7) is 5.16. The van der Waals surface area contributed by atoms with Crippen molar-refractivity contribution in [3.8, 4) is 0 Å². The summed E-state index contributed by atoms with van der Waals surface area (Å²) < 4.78 is 16.7. The molecule has 3 heterocycles. The van der Waals surface area contributed by atoms with Crippen LogP contribution in [-0.4, -0.2) is 52.6 Å². The molecular weight excluding hydrogens is 429 g/mol. The normalized spacial score (nSPS) is 22.1. The average Bonchev–Trinajstić information content (AvgIpc) is 3.50. The maximum Gasteiger partial charge on any atom is 0.341 e. The second-order valence-electron chi connectivity index (χ2n) is 8.06. The maximum atomic E-state index is 15.1. The van der Waals surface area contributed by atoms with Crippen LogP contribution in [0.4, 0.5) is 10.2 Å². The Hall–Kier alpha value is -2.72. The number of aromatic carboxylic acids is 1. The van der Waals surface area contributed by atoms with Crippen molar-refractivity contribution >= 4 is 40.9 Å². The van der Waals surface area contributed by atoms with Gasteiger partial charge in [-0.1, -0.05) is 12.1 Å². The van der Waals surface area contributed by atoms with Crippen LogP contribution in [0.25, 0.3) is 11.0 Å². The van der Waals surface area contributed by atoms with Crippen LogP contribution in [0.1, 0.15) is 43.1 Å². The Morgan fingerprint density at radius 1 is 1.48 bits per heavy atom. The number of nitrogens with two attached hydrogens (primary N) is 1. The minimum atomic E-state index is -1.34. The van der Waals surface area contributed by atoms with Gasteiger partial charge in [0, 0.05) is 30.7 Å². The van der Waals surface area contributed by atoms with E-state index < -0.39 is 22.6 Å². The summed E-state index contributed by atoms with van der Waals surface area (Å²) in [5, 5.41) is 13.5. The van der Waals surface area contributed by atoms with Crippen LogP contribution in [0.2, 0.25) is 0 Å². The van der Waals surface area contributed by atoms with E-state index in [0.717, 1.165) is 18.9 Å². The first kappa shape index (κ1) is 23.0. The Bertz CT molecular complexity index is 1120. The molecule has 168 valence electrons. The topological polar surface area (TPSA) is 123 Å². The summed E-state index contributed by atoms with van der Waals surface area (Å²) in [5.41, 5.74) is 5.33. The van der Waals surface area contributed by atoms with Crippen LogP contribution in [0.5, 0.6) is 0 Å². The molecule has 31 heavy (non-hydrogen) atoms. The third-order valence-corrected chi connectivity index (χ3v) is 5.74. The van der Waals surface area contributed by atoms with Gasteiger partial charge in [-0.15, -0.1) is 12.4 Å². The lowest BCUT2D eigenvalue weighted by molar-refractivity contribution is 0.0695. The molecule has 2 aliphatic rings. The number of hydrogen-bond donors (Lipinski definition) is 2. The predicted molar refractivity (Wildman–Crippen MR) is 117 cm³/mol. The van der Waals surface area contributed by atoms with E-state index in [1.807, 2.05) is 13.8 Å². The highest BCUT2D eigenvalue weighted by Gasteiger charge is 2.41. The summed E-state index contributed by atoms with van der Waals surface area (Å²) in [5.74, 6) is -1.95. The van der Waals surface area contributed by atoms with E-state index in [2.05, 4.69) is 10.1 Å². The van der Waals surface area contributed by atoms with E-state index in [1.54, 1.807) is 9.47 Å². The van der Waals surface area contributed by atoms with Gasteiger partial charge in [-0.05, 0) is 25.8 Å². The van der Waals surface area contributed by atoms with Crippen LogP contribution in [-0.2, 0) is 4.84 Å². The van der Waals surface area contributed by atoms with E-state index in [9.17, 15) is 14.7 Å². The van der Waals surface area contributed by atoms with Crippen LogP contribution in [0, 0.1) is 11.2 Å². The molecule has 11 heteroatoms. The average molecular weight is 454 g/mol. The molecule has 4 rings (SSSR count). The quantitative estimate of drug-likeness (QED) is 0.642. The number of carbonyl (C=O) groups is 1. The highest BCUT2D eigenvalue weighted by atomic mass is 35.5.